The molecule has 166 valence electrons. The third-order valence-corrected chi connectivity index (χ3v) is 6.29. The Labute approximate surface area is 187 Å². The van der Waals surface area contributed by atoms with E-state index in [0.717, 1.165) is 55.8 Å². The summed E-state index contributed by atoms with van der Waals surface area (Å²) in [5, 5.41) is 9.42. The maximum absolute atomic E-state index is 15.1. The lowest BCUT2D eigenvalue weighted by Crippen LogP contribution is -2.46. The molecule has 2 aromatic heterocycles. The van der Waals surface area contributed by atoms with Crippen LogP contribution in [0.15, 0.2) is 35.3 Å². The number of hydrogen-bond donors (Lipinski definition) is 1. The van der Waals surface area contributed by atoms with Gasteiger partial charge in [-0.1, -0.05) is 13.3 Å². The first-order chi connectivity index (χ1) is 15.5. The molecular weight excluding hydrogens is 405 g/mol. The average Bonchev–Trinajstić information content (AvgIpc) is 2.79. The Bertz CT molecular complexity index is 1200. The molecule has 32 heavy (non-hydrogen) atoms. The molecule has 1 fully saturated rings. The highest BCUT2D eigenvalue weighted by atomic mass is 19.1. The van der Waals surface area contributed by atoms with Crippen molar-refractivity contribution < 1.29 is 4.39 Å². The van der Waals surface area contributed by atoms with Crippen LogP contribution in [0, 0.1) is 24.1 Å². The van der Waals surface area contributed by atoms with E-state index in [1.54, 1.807) is 18.3 Å². The van der Waals surface area contributed by atoms with Crippen molar-refractivity contribution in [2.45, 2.75) is 39.7 Å². The van der Waals surface area contributed by atoms with Crippen LogP contribution in [0.2, 0.25) is 0 Å². The van der Waals surface area contributed by atoms with Crippen LogP contribution in [0.25, 0.3) is 10.9 Å². The van der Waals surface area contributed by atoms with Crippen LogP contribution in [-0.2, 0) is 13.0 Å². The molecule has 6 nitrogen and oxygen atoms in total. The van der Waals surface area contributed by atoms with E-state index >= 15 is 4.39 Å². The number of aromatic nitrogens is 2. The molecule has 0 aliphatic carbocycles. The third-order valence-electron chi connectivity index (χ3n) is 6.29. The van der Waals surface area contributed by atoms with Crippen LogP contribution in [0.5, 0.6) is 0 Å². The molecule has 0 saturated carbocycles. The molecule has 3 heterocycles. The summed E-state index contributed by atoms with van der Waals surface area (Å²) >= 11 is 0. The Morgan fingerprint density at radius 3 is 2.66 bits per heavy atom. The number of rotatable bonds is 6. The molecule has 0 spiro atoms. The van der Waals surface area contributed by atoms with Crippen molar-refractivity contribution >= 4 is 16.6 Å². The van der Waals surface area contributed by atoms with Gasteiger partial charge in [0.2, 0.25) is 0 Å². The fraction of sp³-hybridized carbons (Fsp3) is 0.400. The van der Waals surface area contributed by atoms with Crippen molar-refractivity contribution in [3.05, 3.63) is 69.0 Å². The zero-order valence-corrected chi connectivity index (χ0v) is 18.6. The summed E-state index contributed by atoms with van der Waals surface area (Å²) in [6.07, 6.45) is 4.32. The molecule has 0 atom stereocenters. The van der Waals surface area contributed by atoms with Gasteiger partial charge in [0.1, 0.15) is 17.6 Å². The fourth-order valence-corrected chi connectivity index (χ4v) is 4.47. The van der Waals surface area contributed by atoms with E-state index in [4.69, 9.17) is 5.26 Å². The average molecular weight is 434 g/mol. The second kappa shape index (κ2) is 9.49. The van der Waals surface area contributed by atoms with Crippen molar-refractivity contribution in [3.63, 3.8) is 0 Å². The summed E-state index contributed by atoms with van der Waals surface area (Å²) in [5.41, 5.74) is 4.20. The Balaban J connectivity index is 1.48. The minimum Gasteiger partial charge on any atom is -0.368 e. The Morgan fingerprint density at radius 1 is 1.22 bits per heavy atom. The smallest absolute Gasteiger partial charge is 0.251 e. The predicted octanol–water partition coefficient (Wildman–Crippen LogP) is 3.91. The molecule has 1 N–H and O–H groups in total. The maximum Gasteiger partial charge on any atom is 0.251 e. The number of halogens is 1. The zero-order valence-electron chi connectivity index (χ0n) is 18.6. The summed E-state index contributed by atoms with van der Waals surface area (Å²) in [7, 11) is 0. The zero-order chi connectivity index (χ0) is 22.7. The molecule has 3 aromatic rings. The van der Waals surface area contributed by atoms with E-state index in [9.17, 15) is 4.79 Å². The van der Waals surface area contributed by atoms with E-state index in [1.807, 2.05) is 25.1 Å². The van der Waals surface area contributed by atoms with Crippen LogP contribution >= 0.6 is 0 Å². The number of unbranched alkanes of at least 4 members (excludes halogenated alkanes) is 1. The molecule has 1 aromatic carbocycles. The third kappa shape index (κ3) is 4.51. The van der Waals surface area contributed by atoms with Gasteiger partial charge in [0, 0.05) is 43.7 Å². The highest BCUT2D eigenvalue weighted by Crippen LogP contribution is 2.25. The molecule has 0 radical (unpaired) electrons. The molecule has 1 aliphatic rings. The van der Waals surface area contributed by atoms with E-state index in [-0.39, 0.29) is 11.4 Å². The quantitative estimate of drug-likeness (QED) is 0.638. The topological polar surface area (TPSA) is 76.0 Å². The summed E-state index contributed by atoms with van der Waals surface area (Å²) in [6, 6.07) is 9.21. The van der Waals surface area contributed by atoms with Crippen LogP contribution < -0.4 is 10.5 Å². The number of aryl methyl sites for hydroxylation is 1. The lowest BCUT2D eigenvalue weighted by Gasteiger charge is -2.36. The van der Waals surface area contributed by atoms with Gasteiger partial charge in [0.15, 0.2) is 0 Å². The number of pyridine rings is 2. The standard InChI is InChI=1S/C25H28FN5O/c1-3-4-5-21-17(2)24-22(26)12-18(13-23(24)29-25(21)32)16-30-8-10-31(11-9-30)20-7-6-19(14-27)28-15-20/h6-7,12-13,15H,3-5,8-11,16H2,1-2H3,(H,29,32). The molecule has 4 rings (SSSR count). The molecule has 0 unspecified atom stereocenters. The van der Waals surface area contributed by atoms with Crippen LogP contribution in [0.4, 0.5) is 10.1 Å². The minimum atomic E-state index is -0.272. The largest absolute Gasteiger partial charge is 0.368 e. The SMILES string of the molecule is CCCCc1c(C)c2c(F)cc(CN3CCN(c4ccc(C#N)nc4)CC3)cc2[nH]c1=O. The normalized spacial score (nSPS) is 14.6. The van der Waals surface area contributed by atoms with Crippen molar-refractivity contribution in [1.29, 1.82) is 5.26 Å². The number of H-pyrrole nitrogens is 1. The second-order valence-corrected chi connectivity index (χ2v) is 8.44. The Hall–Kier alpha value is -3.24. The van der Waals surface area contributed by atoms with Gasteiger partial charge in [-0.2, -0.15) is 5.26 Å². The lowest BCUT2D eigenvalue weighted by molar-refractivity contribution is 0.249. The van der Waals surface area contributed by atoms with Gasteiger partial charge in [-0.15, -0.1) is 0 Å². The van der Waals surface area contributed by atoms with Gasteiger partial charge in [0.05, 0.1) is 17.4 Å². The number of hydrogen-bond acceptors (Lipinski definition) is 5. The number of fused-ring (bicyclic) bond motifs is 1. The number of nitrogens with zero attached hydrogens (tertiary/aromatic N) is 4. The van der Waals surface area contributed by atoms with Crippen molar-refractivity contribution in [3.8, 4) is 6.07 Å². The molecule has 1 aliphatic heterocycles. The Morgan fingerprint density at radius 2 is 2.00 bits per heavy atom. The van der Waals surface area contributed by atoms with Crippen LogP contribution in [0.1, 0.15) is 42.1 Å². The minimum absolute atomic E-state index is 0.107. The summed E-state index contributed by atoms with van der Waals surface area (Å²) in [5.74, 6) is -0.272. The van der Waals surface area contributed by atoms with Gasteiger partial charge in [-0.25, -0.2) is 9.37 Å². The summed E-state index contributed by atoms with van der Waals surface area (Å²) < 4.78 is 15.1. The monoisotopic (exact) mass is 433 g/mol. The Kier molecular flexibility index (Phi) is 6.52. The maximum atomic E-state index is 15.1. The van der Waals surface area contributed by atoms with Gasteiger partial charge >= 0.3 is 0 Å². The highest BCUT2D eigenvalue weighted by Gasteiger charge is 2.19. The number of nitrogens with one attached hydrogen (secondary N) is 1. The van der Waals surface area contributed by atoms with Gasteiger partial charge in [-0.05, 0) is 55.2 Å². The van der Waals surface area contributed by atoms with Gasteiger partial charge < -0.3 is 9.88 Å². The summed E-state index contributed by atoms with van der Waals surface area (Å²) in [6.45, 7) is 7.91. The molecular formula is C25H28FN5O. The molecule has 0 bridgehead atoms. The molecule has 1 saturated heterocycles. The van der Waals surface area contributed by atoms with Crippen molar-refractivity contribution in [2.75, 3.05) is 31.1 Å². The number of aromatic amines is 1. The van der Waals surface area contributed by atoms with Crippen LogP contribution in [-0.4, -0.2) is 41.0 Å². The van der Waals surface area contributed by atoms with Crippen molar-refractivity contribution in [2.24, 2.45) is 0 Å². The first kappa shape index (κ1) is 22.0. The van der Waals surface area contributed by atoms with E-state index < -0.39 is 0 Å². The highest BCUT2D eigenvalue weighted by molar-refractivity contribution is 5.84. The molecule has 7 heteroatoms. The summed E-state index contributed by atoms with van der Waals surface area (Å²) in [4.78, 5) is 24.2. The van der Waals surface area contributed by atoms with Gasteiger partial charge in [0.25, 0.3) is 5.56 Å². The van der Waals surface area contributed by atoms with Gasteiger partial charge in [-0.3, -0.25) is 9.69 Å². The van der Waals surface area contributed by atoms with Crippen LogP contribution in [0.3, 0.4) is 0 Å². The lowest BCUT2D eigenvalue weighted by atomic mass is 9.99. The van der Waals surface area contributed by atoms with Crippen molar-refractivity contribution in [1.82, 2.24) is 14.9 Å². The number of benzene rings is 1. The van der Waals surface area contributed by atoms with E-state index in [2.05, 4.69) is 26.7 Å². The number of nitriles is 1. The second-order valence-electron chi connectivity index (χ2n) is 8.44. The predicted molar refractivity (Wildman–Crippen MR) is 124 cm³/mol. The first-order valence-electron chi connectivity index (χ1n) is 11.2. The number of piperazine rings is 1. The van der Waals surface area contributed by atoms with E-state index in [0.29, 0.717) is 35.1 Å². The molecule has 0 amide bonds. The fourth-order valence-electron chi connectivity index (χ4n) is 4.47. The van der Waals surface area contributed by atoms with E-state index in [1.165, 1.54) is 0 Å². The first-order valence-corrected chi connectivity index (χ1v) is 11.2. The number of anilines is 1.